The third-order valence-corrected chi connectivity index (χ3v) is 11.0. The van der Waals surface area contributed by atoms with Crippen LogP contribution < -0.4 is 0 Å². The molecule has 1 fully saturated rings. The molecule has 1 saturated carbocycles. The van der Waals surface area contributed by atoms with Gasteiger partial charge in [0.05, 0.1) is 0 Å². The van der Waals surface area contributed by atoms with Crippen molar-refractivity contribution in [1.82, 2.24) is 0 Å². The summed E-state index contributed by atoms with van der Waals surface area (Å²) in [6, 6.07) is 0. The van der Waals surface area contributed by atoms with Crippen LogP contribution in [0.25, 0.3) is 0 Å². The molecule has 0 aliphatic heterocycles. The highest BCUT2D eigenvalue weighted by Crippen LogP contribution is 2.45. The van der Waals surface area contributed by atoms with Gasteiger partial charge in [0.2, 0.25) is 8.32 Å². The van der Waals surface area contributed by atoms with E-state index in [4.69, 9.17) is 4.43 Å². The highest BCUT2D eigenvalue weighted by molar-refractivity contribution is 6.77. The van der Waals surface area contributed by atoms with Crippen LogP contribution in [0.1, 0.15) is 61.3 Å². The van der Waals surface area contributed by atoms with Gasteiger partial charge in [-0.2, -0.15) is 0 Å². The minimum absolute atomic E-state index is 0.436. The monoisotopic (exact) mass is 268 g/mol. The molecule has 0 aromatic heterocycles. The van der Waals surface area contributed by atoms with Crippen LogP contribution in [0, 0.1) is 5.92 Å². The maximum absolute atomic E-state index is 6.80. The maximum atomic E-state index is 6.80. The van der Waals surface area contributed by atoms with Crippen molar-refractivity contribution < 1.29 is 4.43 Å². The third-order valence-electron chi connectivity index (χ3n) is 4.88. The Hall–Kier alpha value is -0.0831. The quantitative estimate of drug-likeness (QED) is 0.470. The third kappa shape index (κ3) is 2.90. The Labute approximate surface area is 115 Å². The predicted octanol–water partition coefficient (Wildman–Crippen LogP) is 5.53. The average Bonchev–Trinajstić information content (AvgIpc) is 2.53. The first-order valence-corrected chi connectivity index (χ1v) is 9.71. The smallest absolute Gasteiger partial charge is 0.200 e. The highest BCUT2D eigenvalue weighted by atomic mass is 28.4. The normalized spacial score (nSPS) is 25.8. The Kier molecular flexibility index (Phi) is 5.25. The molecule has 106 valence electrons. The van der Waals surface area contributed by atoms with Crippen molar-refractivity contribution in [3.63, 3.8) is 0 Å². The average molecular weight is 269 g/mol. The second-order valence-corrected chi connectivity index (χ2v) is 12.5. The topological polar surface area (TPSA) is 9.23 Å². The Balaban J connectivity index is 2.89. The first kappa shape index (κ1) is 16.0. The van der Waals surface area contributed by atoms with E-state index in [-0.39, 0.29) is 0 Å². The molecule has 2 heteroatoms. The van der Waals surface area contributed by atoms with Gasteiger partial charge in [0.15, 0.2) is 0 Å². The van der Waals surface area contributed by atoms with Crippen LogP contribution in [0.2, 0.25) is 16.6 Å². The second-order valence-electron chi connectivity index (χ2n) is 7.06. The molecule has 0 heterocycles. The largest absolute Gasteiger partial charge is 0.413 e. The van der Waals surface area contributed by atoms with Crippen LogP contribution in [-0.2, 0) is 4.43 Å². The van der Waals surface area contributed by atoms with Gasteiger partial charge < -0.3 is 4.43 Å². The molecular formula is C16H32OSi. The fourth-order valence-electron chi connectivity index (χ4n) is 3.92. The lowest BCUT2D eigenvalue weighted by molar-refractivity contribution is 0.178. The molecular weight excluding hydrogens is 236 g/mol. The molecule has 1 aliphatic rings. The van der Waals surface area contributed by atoms with Gasteiger partial charge in [0.25, 0.3) is 0 Å². The molecule has 1 aliphatic carbocycles. The van der Waals surface area contributed by atoms with Crippen LogP contribution in [0.5, 0.6) is 0 Å². The van der Waals surface area contributed by atoms with Crippen LogP contribution in [0.15, 0.2) is 12.2 Å². The van der Waals surface area contributed by atoms with Crippen LogP contribution in [0.3, 0.4) is 0 Å². The van der Waals surface area contributed by atoms with Crippen LogP contribution >= 0.6 is 0 Å². The molecule has 0 amide bonds. The van der Waals surface area contributed by atoms with Crippen LogP contribution in [0.4, 0.5) is 0 Å². The summed E-state index contributed by atoms with van der Waals surface area (Å²) in [4.78, 5) is 0. The fraction of sp³-hybridized carbons (Fsp3) is 0.875. The summed E-state index contributed by atoms with van der Waals surface area (Å²) in [7, 11) is -1.69. The number of hydrogen-bond acceptors (Lipinski definition) is 1. The van der Waals surface area contributed by atoms with Gasteiger partial charge >= 0.3 is 0 Å². The lowest BCUT2D eigenvalue weighted by Crippen LogP contribution is -2.49. The molecule has 18 heavy (non-hydrogen) atoms. The van der Waals surface area contributed by atoms with E-state index in [1.54, 1.807) is 0 Å². The van der Waals surface area contributed by atoms with Crippen molar-refractivity contribution in [3.05, 3.63) is 12.2 Å². The van der Waals surface area contributed by atoms with Crippen molar-refractivity contribution in [2.45, 2.75) is 84.0 Å². The zero-order valence-corrected chi connectivity index (χ0v) is 14.4. The Morgan fingerprint density at radius 2 is 1.50 bits per heavy atom. The Morgan fingerprint density at radius 3 is 1.78 bits per heavy atom. The van der Waals surface area contributed by atoms with E-state index in [1.807, 2.05) is 0 Å². The second kappa shape index (κ2) is 5.92. The molecule has 0 aromatic carbocycles. The number of rotatable bonds is 5. The zero-order chi connectivity index (χ0) is 14.1. The lowest BCUT2D eigenvalue weighted by atomic mass is 10.1. The summed E-state index contributed by atoms with van der Waals surface area (Å²) in [6.07, 6.45) is 2.70. The Morgan fingerprint density at radius 1 is 1.06 bits per heavy atom. The first-order valence-electron chi connectivity index (χ1n) is 7.57. The molecule has 1 rings (SSSR count). The summed E-state index contributed by atoms with van der Waals surface area (Å²) >= 11 is 0. The molecule has 1 nitrogen and oxygen atoms in total. The maximum Gasteiger partial charge on any atom is 0.200 e. The molecule has 0 saturated heterocycles. The molecule has 0 aromatic rings. The summed E-state index contributed by atoms with van der Waals surface area (Å²) in [5.74, 6) is 0.646. The molecule has 2 atom stereocenters. The molecule has 0 N–H and O–H groups in total. The fourth-order valence-corrected chi connectivity index (χ4v) is 9.50. The zero-order valence-electron chi connectivity index (χ0n) is 13.4. The molecule has 0 bridgehead atoms. The highest BCUT2D eigenvalue weighted by Gasteiger charge is 2.47. The van der Waals surface area contributed by atoms with Crippen LogP contribution in [-0.4, -0.2) is 14.4 Å². The standard InChI is InChI=1S/C16H32OSi/c1-11(2)18(12(3)4,13(5)6)17-16-9-14(7)15(8)10-16/h11-13,15-16H,7,9-10H2,1-6,8H3. The first-order chi connectivity index (χ1) is 8.21. The predicted molar refractivity (Wildman–Crippen MR) is 83.5 cm³/mol. The Bertz CT molecular complexity index is 272. The summed E-state index contributed by atoms with van der Waals surface area (Å²) < 4.78 is 6.80. The minimum atomic E-state index is -1.69. The van der Waals surface area contributed by atoms with E-state index in [0.29, 0.717) is 28.6 Å². The van der Waals surface area contributed by atoms with Crippen molar-refractivity contribution in [1.29, 1.82) is 0 Å². The van der Waals surface area contributed by atoms with Crippen molar-refractivity contribution in [2.24, 2.45) is 5.92 Å². The molecule has 0 spiro atoms. The number of hydrogen-bond donors (Lipinski definition) is 0. The van der Waals surface area contributed by atoms with Gasteiger partial charge in [-0.15, -0.1) is 0 Å². The van der Waals surface area contributed by atoms with Crippen molar-refractivity contribution in [3.8, 4) is 0 Å². The van der Waals surface area contributed by atoms with E-state index in [2.05, 4.69) is 55.0 Å². The van der Waals surface area contributed by atoms with E-state index in [0.717, 1.165) is 6.42 Å². The van der Waals surface area contributed by atoms with Gasteiger partial charge in [-0.1, -0.05) is 60.6 Å². The lowest BCUT2D eigenvalue weighted by Gasteiger charge is -2.44. The summed E-state index contributed by atoms with van der Waals surface area (Å²) in [6.45, 7) is 20.6. The van der Waals surface area contributed by atoms with Gasteiger partial charge in [0.1, 0.15) is 0 Å². The molecule has 2 unspecified atom stereocenters. The summed E-state index contributed by atoms with van der Waals surface area (Å²) in [5.41, 5.74) is 3.43. The van der Waals surface area contributed by atoms with Gasteiger partial charge in [0, 0.05) is 6.10 Å². The van der Waals surface area contributed by atoms with E-state index < -0.39 is 8.32 Å². The van der Waals surface area contributed by atoms with Gasteiger partial charge in [-0.25, -0.2) is 0 Å². The van der Waals surface area contributed by atoms with Gasteiger partial charge in [-0.3, -0.25) is 0 Å². The molecule has 0 radical (unpaired) electrons. The van der Waals surface area contributed by atoms with Crippen molar-refractivity contribution in [2.75, 3.05) is 0 Å². The van der Waals surface area contributed by atoms with E-state index >= 15 is 0 Å². The van der Waals surface area contributed by atoms with E-state index in [9.17, 15) is 0 Å². The summed E-state index contributed by atoms with van der Waals surface area (Å²) in [5, 5.41) is 0. The SMILES string of the molecule is C=C1CC(O[Si](C(C)C)(C(C)C)C(C)C)CC1C. The minimum Gasteiger partial charge on any atom is -0.413 e. The van der Waals surface area contributed by atoms with Gasteiger partial charge in [-0.05, 0) is 35.4 Å². The van der Waals surface area contributed by atoms with Crippen molar-refractivity contribution >= 4 is 8.32 Å². The van der Waals surface area contributed by atoms with E-state index in [1.165, 1.54) is 12.0 Å².